The Hall–Kier alpha value is -2.86. The number of carbonyl (C=O) groups is 2. The average Bonchev–Trinajstić information content (AvgIpc) is 2.60. The molecule has 2 rings (SSSR count). The lowest BCUT2D eigenvalue weighted by molar-refractivity contribution is -0.130. The summed E-state index contributed by atoms with van der Waals surface area (Å²) in [6, 6.07) is 13.9. The minimum atomic E-state index is -0.686. The maximum absolute atomic E-state index is 11.9. The Balaban J connectivity index is 1.99. The number of carbonyl (C=O) groups excluding carboxylic acids is 2. The number of rotatable bonds is 7. The predicted octanol–water partition coefficient (Wildman–Crippen LogP) is 1.98. The van der Waals surface area contributed by atoms with E-state index in [2.05, 4.69) is 0 Å². The van der Waals surface area contributed by atoms with Crippen molar-refractivity contribution < 1.29 is 14.3 Å². The molecule has 0 saturated heterocycles. The molecule has 0 saturated carbocycles. The second-order valence-corrected chi connectivity index (χ2v) is 5.99. The number of ether oxygens (including phenoxy) is 1. The van der Waals surface area contributed by atoms with Crippen LogP contribution in [0.15, 0.2) is 48.5 Å². The van der Waals surface area contributed by atoms with Crippen molar-refractivity contribution in [1.82, 2.24) is 4.90 Å². The topological polar surface area (TPSA) is 98.7 Å². The molecule has 6 nitrogen and oxygen atoms in total. The van der Waals surface area contributed by atoms with Gasteiger partial charge >= 0.3 is 0 Å². The first kappa shape index (κ1) is 18.5. The molecule has 1 unspecified atom stereocenters. The van der Waals surface area contributed by atoms with Gasteiger partial charge < -0.3 is 21.1 Å². The van der Waals surface area contributed by atoms with Gasteiger partial charge in [-0.3, -0.25) is 9.59 Å². The summed E-state index contributed by atoms with van der Waals surface area (Å²) < 4.78 is 5.77. The highest BCUT2D eigenvalue weighted by Crippen LogP contribution is 2.24. The standard InChI is InChI=1S/C19H23N3O3/c1-22(2)19(24)18(21)14-6-10-16(11-7-14)25-15-8-3-13(4-9-15)5-12-17(20)23/h3-4,6-11,18H,5,12,21H2,1-2H3,(H2,20,23). The Morgan fingerprint density at radius 1 is 1.00 bits per heavy atom. The number of aryl methyl sites for hydroxylation is 1. The number of benzene rings is 2. The summed E-state index contributed by atoms with van der Waals surface area (Å²) in [6.07, 6.45) is 0.940. The SMILES string of the molecule is CN(C)C(=O)C(N)c1ccc(Oc2ccc(CCC(N)=O)cc2)cc1. The number of hydrogen-bond donors (Lipinski definition) is 2. The van der Waals surface area contributed by atoms with E-state index in [9.17, 15) is 9.59 Å². The lowest BCUT2D eigenvalue weighted by Gasteiger charge is -2.17. The molecule has 0 spiro atoms. The van der Waals surface area contributed by atoms with Crippen LogP contribution in [0.5, 0.6) is 11.5 Å². The third-order valence-electron chi connectivity index (χ3n) is 3.77. The molecule has 1 atom stereocenters. The van der Waals surface area contributed by atoms with Gasteiger partial charge in [0.1, 0.15) is 17.5 Å². The first-order valence-corrected chi connectivity index (χ1v) is 7.98. The maximum Gasteiger partial charge on any atom is 0.243 e. The number of amides is 2. The minimum absolute atomic E-state index is 0.153. The second-order valence-electron chi connectivity index (χ2n) is 5.99. The largest absolute Gasteiger partial charge is 0.457 e. The Labute approximate surface area is 147 Å². The first-order chi connectivity index (χ1) is 11.9. The van der Waals surface area contributed by atoms with Crippen molar-refractivity contribution in [2.45, 2.75) is 18.9 Å². The molecule has 25 heavy (non-hydrogen) atoms. The second kappa shape index (κ2) is 8.30. The molecule has 0 aromatic heterocycles. The van der Waals surface area contributed by atoms with Crippen LogP contribution in [0.1, 0.15) is 23.6 Å². The van der Waals surface area contributed by atoms with E-state index >= 15 is 0 Å². The van der Waals surface area contributed by atoms with E-state index in [0.717, 1.165) is 11.1 Å². The fourth-order valence-corrected chi connectivity index (χ4v) is 2.29. The molecule has 0 aliphatic rings. The molecule has 0 bridgehead atoms. The van der Waals surface area contributed by atoms with E-state index in [1.807, 2.05) is 24.3 Å². The number of nitrogens with zero attached hydrogens (tertiary/aromatic N) is 1. The molecule has 0 radical (unpaired) electrons. The Morgan fingerprint density at radius 2 is 1.52 bits per heavy atom. The summed E-state index contributed by atoms with van der Waals surface area (Å²) in [5, 5.41) is 0. The Bertz CT molecular complexity index is 725. The molecule has 2 aromatic rings. The zero-order chi connectivity index (χ0) is 18.4. The van der Waals surface area contributed by atoms with Crippen molar-refractivity contribution in [2.24, 2.45) is 11.5 Å². The Kier molecular flexibility index (Phi) is 6.14. The van der Waals surface area contributed by atoms with Crippen molar-refractivity contribution in [1.29, 1.82) is 0 Å². The predicted molar refractivity (Wildman–Crippen MR) is 96.1 cm³/mol. The number of hydrogen-bond acceptors (Lipinski definition) is 4. The molecule has 0 aliphatic carbocycles. The van der Waals surface area contributed by atoms with Gasteiger partial charge in [0.05, 0.1) is 0 Å². The van der Waals surface area contributed by atoms with Gasteiger partial charge in [-0.25, -0.2) is 0 Å². The molecule has 6 heteroatoms. The van der Waals surface area contributed by atoms with Gasteiger partial charge in [-0.2, -0.15) is 0 Å². The highest BCUT2D eigenvalue weighted by molar-refractivity contribution is 5.82. The highest BCUT2D eigenvalue weighted by atomic mass is 16.5. The first-order valence-electron chi connectivity index (χ1n) is 7.98. The summed E-state index contributed by atoms with van der Waals surface area (Å²) in [6.45, 7) is 0. The monoisotopic (exact) mass is 341 g/mol. The third kappa shape index (κ3) is 5.32. The summed E-state index contributed by atoms with van der Waals surface area (Å²) in [5.41, 5.74) is 12.8. The molecular formula is C19H23N3O3. The summed E-state index contributed by atoms with van der Waals surface area (Å²) in [7, 11) is 3.35. The molecule has 2 amide bonds. The van der Waals surface area contributed by atoms with Crippen molar-refractivity contribution in [3.8, 4) is 11.5 Å². The molecular weight excluding hydrogens is 318 g/mol. The van der Waals surface area contributed by atoms with Crippen LogP contribution < -0.4 is 16.2 Å². The van der Waals surface area contributed by atoms with Gasteiger partial charge in [-0.15, -0.1) is 0 Å². The van der Waals surface area contributed by atoms with Crippen LogP contribution in [0.3, 0.4) is 0 Å². The minimum Gasteiger partial charge on any atom is -0.457 e. The fraction of sp³-hybridized carbons (Fsp3) is 0.263. The van der Waals surface area contributed by atoms with Crippen molar-refractivity contribution in [2.75, 3.05) is 14.1 Å². The average molecular weight is 341 g/mol. The van der Waals surface area contributed by atoms with Crippen LogP contribution in [0.2, 0.25) is 0 Å². The van der Waals surface area contributed by atoms with E-state index < -0.39 is 6.04 Å². The van der Waals surface area contributed by atoms with E-state index in [-0.39, 0.29) is 11.8 Å². The van der Waals surface area contributed by atoms with Gasteiger partial charge in [-0.1, -0.05) is 24.3 Å². The quantitative estimate of drug-likeness (QED) is 0.804. The van der Waals surface area contributed by atoms with Crippen LogP contribution >= 0.6 is 0 Å². The molecule has 132 valence electrons. The summed E-state index contributed by atoms with van der Waals surface area (Å²) >= 11 is 0. The van der Waals surface area contributed by atoms with Crippen LogP contribution in [-0.2, 0) is 16.0 Å². The van der Waals surface area contributed by atoms with Gasteiger partial charge in [0.2, 0.25) is 11.8 Å². The Morgan fingerprint density at radius 3 is 2.00 bits per heavy atom. The smallest absolute Gasteiger partial charge is 0.243 e. The molecule has 0 heterocycles. The molecule has 0 aliphatic heterocycles. The summed E-state index contributed by atoms with van der Waals surface area (Å²) in [4.78, 5) is 24.2. The zero-order valence-corrected chi connectivity index (χ0v) is 14.4. The highest BCUT2D eigenvalue weighted by Gasteiger charge is 2.17. The third-order valence-corrected chi connectivity index (χ3v) is 3.77. The van der Waals surface area contributed by atoms with Crippen molar-refractivity contribution in [3.63, 3.8) is 0 Å². The van der Waals surface area contributed by atoms with E-state index in [0.29, 0.717) is 24.3 Å². The normalized spacial score (nSPS) is 11.6. The number of likely N-dealkylation sites (N-methyl/N-ethyl adjacent to an activating group) is 1. The molecule has 0 fully saturated rings. The van der Waals surface area contributed by atoms with Gasteiger partial charge in [0.15, 0.2) is 0 Å². The number of primary amides is 1. The van der Waals surface area contributed by atoms with Gasteiger partial charge in [0, 0.05) is 20.5 Å². The lowest BCUT2D eigenvalue weighted by Crippen LogP contribution is -2.33. The molecule has 2 aromatic carbocycles. The van der Waals surface area contributed by atoms with Crippen LogP contribution in [-0.4, -0.2) is 30.8 Å². The van der Waals surface area contributed by atoms with Gasteiger partial charge in [0.25, 0.3) is 0 Å². The van der Waals surface area contributed by atoms with E-state index in [4.69, 9.17) is 16.2 Å². The maximum atomic E-state index is 11.9. The summed E-state index contributed by atoms with van der Waals surface area (Å²) in [5.74, 6) is 0.869. The zero-order valence-electron chi connectivity index (χ0n) is 14.4. The lowest BCUT2D eigenvalue weighted by atomic mass is 10.1. The van der Waals surface area contributed by atoms with E-state index in [1.54, 1.807) is 38.4 Å². The fourth-order valence-electron chi connectivity index (χ4n) is 2.29. The molecule has 4 N–H and O–H groups in total. The van der Waals surface area contributed by atoms with E-state index in [1.165, 1.54) is 4.90 Å². The van der Waals surface area contributed by atoms with Crippen molar-refractivity contribution in [3.05, 3.63) is 59.7 Å². The number of nitrogens with two attached hydrogens (primary N) is 2. The van der Waals surface area contributed by atoms with Crippen LogP contribution in [0.25, 0.3) is 0 Å². The van der Waals surface area contributed by atoms with Crippen LogP contribution in [0.4, 0.5) is 0 Å². The van der Waals surface area contributed by atoms with Gasteiger partial charge in [-0.05, 0) is 41.8 Å². The van der Waals surface area contributed by atoms with Crippen molar-refractivity contribution >= 4 is 11.8 Å². The van der Waals surface area contributed by atoms with Crippen LogP contribution in [0, 0.1) is 0 Å².